The van der Waals surface area contributed by atoms with Crippen LogP contribution in [-0.4, -0.2) is 89.2 Å². The van der Waals surface area contributed by atoms with Crippen molar-refractivity contribution in [3.8, 4) is 0 Å². The SMILES string of the molecule is CC/C=C\C/C=C\C/C=C\C/C=C\C/C=C\CCCCCC(=O)OCC(COC1OC(C(=O)O)C(O)C(O)C1OC(=O)CCCCCCC/C=C\C/C=C\CCCCC)OC(=O)CCC/C=C\C/C=C\C/C=C\C/C=C\C/C=C\CC. The fourth-order valence-electron chi connectivity index (χ4n) is 8.22. The maximum Gasteiger partial charge on any atom is 0.335 e. The molecule has 81 heavy (non-hydrogen) atoms. The summed E-state index contributed by atoms with van der Waals surface area (Å²) in [5.41, 5.74) is 0. The standard InChI is InChI=1S/C69H106O12/c1-4-7-10-13-16-19-22-25-28-30-31-33-35-37-40-43-46-49-52-55-61(70)77-58-60(79-62(71)56-53-50-47-44-41-39-36-32-29-26-23-20-17-14-11-8-5-2)59-78-69-67(65(74)64(73)66(81-69)68(75)76)80-63(72)57-54-51-48-45-42-38-34-27-24-21-18-15-12-9-6-3/h7-8,10-11,16-21,25-29,31,33-34,36-37,39-40,44,47,60,64-67,69,73-74H,4-6,9,12-15,22-24,30,32,35,38,41-43,45-46,48-59H2,1-3H3,(H,75,76)/b10-7-,11-8-,19-16-,20-17-,21-18-,28-25-,29-26-,33-31-,34-27-,39-36-,40-37-,47-44-. The van der Waals surface area contributed by atoms with Crippen LogP contribution in [0, 0.1) is 0 Å². The van der Waals surface area contributed by atoms with E-state index >= 15 is 0 Å². The molecule has 6 atom stereocenters. The maximum absolute atomic E-state index is 13.2. The van der Waals surface area contributed by atoms with Gasteiger partial charge in [-0.25, -0.2) is 4.79 Å². The first-order valence-corrected chi connectivity index (χ1v) is 30.8. The third kappa shape index (κ3) is 44.9. The average Bonchev–Trinajstić information content (AvgIpc) is 3.53. The van der Waals surface area contributed by atoms with E-state index in [4.69, 9.17) is 23.7 Å². The zero-order chi connectivity index (χ0) is 58.9. The maximum atomic E-state index is 13.2. The van der Waals surface area contributed by atoms with E-state index in [1.807, 2.05) is 12.2 Å². The van der Waals surface area contributed by atoms with Crippen LogP contribution in [0.25, 0.3) is 0 Å². The van der Waals surface area contributed by atoms with Gasteiger partial charge in [-0.2, -0.15) is 0 Å². The lowest BCUT2D eigenvalue weighted by Gasteiger charge is -2.40. The summed E-state index contributed by atoms with van der Waals surface area (Å²) in [6.45, 7) is 5.64. The van der Waals surface area contributed by atoms with Gasteiger partial charge in [0.05, 0.1) is 6.61 Å². The molecule has 6 unspecified atom stereocenters. The van der Waals surface area contributed by atoms with Crippen molar-refractivity contribution in [3.05, 3.63) is 146 Å². The van der Waals surface area contributed by atoms with Gasteiger partial charge >= 0.3 is 23.9 Å². The van der Waals surface area contributed by atoms with E-state index in [9.17, 15) is 34.5 Å². The molecular formula is C69H106O12. The second kappa shape index (κ2) is 55.2. The van der Waals surface area contributed by atoms with Crippen molar-refractivity contribution in [2.24, 2.45) is 0 Å². The van der Waals surface area contributed by atoms with Crippen LogP contribution in [0.2, 0.25) is 0 Å². The molecule has 12 heteroatoms. The van der Waals surface area contributed by atoms with Gasteiger partial charge in [0.25, 0.3) is 0 Å². The molecule has 1 aliphatic rings. The normalized spacial score (nSPS) is 18.8. The van der Waals surface area contributed by atoms with Crippen LogP contribution >= 0.6 is 0 Å². The Kier molecular flexibility index (Phi) is 50.1. The summed E-state index contributed by atoms with van der Waals surface area (Å²) in [6, 6.07) is 0. The number of esters is 3. The van der Waals surface area contributed by atoms with E-state index in [-0.39, 0.29) is 25.9 Å². The van der Waals surface area contributed by atoms with E-state index in [2.05, 4.69) is 154 Å². The van der Waals surface area contributed by atoms with Crippen LogP contribution in [0.15, 0.2) is 146 Å². The Bertz CT molecular complexity index is 1960. The number of carbonyl (C=O) groups is 4. The molecule has 0 saturated carbocycles. The minimum Gasteiger partial charge on any atom is -0.479 e. The smallest absolute Gasteiger partial charge is 0.335 e. The fourth-order valence-corrected chi connectivity index (χ4v) is 8.22. The van der Waals surface area contributed by atoms with E-state index in [0.29, 0.717) is 25.7 Å². The molecule has 12 nitrogen and oxygen atoms in total. The molecule has 454 valence electrons. The quantitative estimate of drug-likeness (QED) is 0.0228. The molecule has 1 aliphatic heterocycles. The van der Waals surface area contributed by atoms with Crippen LogP contribution < -0.4 is 0 Å². The average molecular weight is 1130 g/mol. The van der Waals surface area contributed by atoms with E-state index in [1.165, 1.54) is 19.3 Å². The van der Waals surface area contributed by atoms with E-state index < -0.39 is 67.3 Å². The number of allylic oxidation sites excluding steroid dienone is 24. The first-order valence-electron chi connectivity index (χ1n) is 30.8. The highest BCUT2D eigenvalue weighted by Gasteiger charge is 2.50. The summed E-state index contributed by atoms with van der Waals surface area (Å²) in [7, 11) is 0. The second-order valence-corrected chi connectivity index (χ2v) is 20.2. The van der Waals surface area contributed by atoms with Crippen molar-refractivity contribution in [1.29, 1.82) is 0 Å². The molecule has 1 heterocycles. The summed E-state index contributed by atoms with van der Waals surface area (Å²) in [6.07, 6.45) is 66.7. The number of aliphatic hydroxyl groups is 2. The number of hydrogen-bond donors (Lipinski definition) is 3. The predicted molar refractivity (Wildman–Crippen MR) is 330 cm³/mol. The highest BCUT2D eigenvalue weighted by atomic mass is 16.7. The van der Waals surface area contributed by atoms with E-state index in [0.717, 1.165) is 128 Å². The van der Waals surface area contributed by atoms with Crippen molar-refractivity contribution >= 4 is 23.9 Å². The van der Waals surface area contributed by atoms with Crippen molar-refractivity contribution in [3.63, 3.8) is 0 Å². The van der Waals surface area contributed by atoms with Gasteiger partial charge in [0.1, 0.15) is 18.8 Å². The number of carbonyl (C=O) groups excluding carboxylic acids is 3. The zero-order valence-electron chi connectivity index (χ0n) is 50.0. The third-order valence-corrected chi connectivity index (χ3v) is 12.9. The number of aliphatic carboxylic acids is 1. The molecule has 0 amide bonds. The largest absolute Gasteiger partial charge is 0.479 e. The Morgan fingerprint density at radius 2 is 0.790 bits per heavy atom. The molecular weight excluding hydrogens is 1020 g/mol. The summed E-state index contributed by atoms with van der Waals surface area (Å²) in [5.74, 6) is -3.29. The number of unbranched alkanes of at least 4 members (excludes halogenated alkanes) is 12. The molecule has 0 spiro atoms. The number of rotatable bonds is 50. The van der Waals surface area contributed by atoms with Crippen molar-refractivity contribution in [2.75, 3.05) is 13.2 Å². The lowest BCUT2D eigenvalue weighted by atomic mass is 9.98. The summed E-state index contributed by atoms with van der Waals surface area (Å²) in [4.78, 5) is 51.2. The van der Waals surface area contributed by atoms with Gasteiger partial charge in [0.2, 0.25) is 0 Å². The molecule has 1 fully saturated rings. The Hall–Kier alpha value is -5.40. The van der Waals surface area contributed by atoms with Gasteiger partial charge in [-0.15, -0.1) is 0 Å². The van der Waals surface area contributed by atoms with Crippen molar-refractivity contribution in [1.82, 2.24) is 0 Å². The van der Waals surface area contributed by atoms with Gasteiger partial charge in [0, 0.05) is 19.3 Å². The molecule has 0 bridgehead atoms. The van der Waals surface area contributed by atoms with Crippen LogP contribution in [0.3, 0.4) is 0 Å². The molecule has 0 aromatic heterocycles. The van der Waals surface area contributed by atoms with Gasteiger partial charge in [0.15, 0.2) is 24.6 Å². The third-order valence-electron chi connectivity index (χ3n) is 12.9. The Labute approximate surface area is 489 Å². The monoisotopic (exact) mass is 1130 g/mol. The molecule has 1 rings (SSSR count). The molecule has 3 N–H and O–H groups in total. The fraction of sp³-hybridized carbons (Fsp3) is 0.594. The minimum absolute atomic E-state index is 0.0259. The number of ether oxygens (including phenoxy) is 5. The first kappa shape index (κ1) is 73.6. The Morgan fingerprint density at radius 3 is 1.23 bits per heavy atom. The summed E-state index contributed by atoms with van der Waals surface area (Å²) in [5, 5.41) is 31.5. The number of carboxylic acids is 1. The highest BCUT2D eigenvalue weighted by molar-refractivity contribution is 5.74. The minimum atomic E-state index is -1.93. The predicted octanol–water partition coefficient (Wildman–Crippen LogP) is 16.3. The van der Waals surface area contributed by atoms with Crippen LogP contribution in [0.4, 0.5) is 0 Å². The highest BCUT2D eigenvalue weighted by Crippen LogP contribution is 2.26. The molecule has 0 radical (unpaired) electrons. The summed E-state index contributed by atoms with van der Waals surface area (Å²) < 4.78 is 28.4. The van der Waals surface area contributed by atoms with Gasteiger partial charge in [-0.3, -0.25) is 14.4 Å². The molecule has 1 saturated heterocycles. The second-order valence-electron chi connectivity index (χ2n) is 20.2. The lowest BCUT2D eigenvalue weighted by Crippen LogP contribution is -2.61. The van der Waals surface area contributed by atoms with Crippen molar-refractivity contribution < 1.29 is 58.2 Å². The van der Waals surface area contributed by atoms with Crippen molar-refractivity contribution in [2.45, 2.75) is 250 Å². The van der Waals surface area contributed by atoms with E-state index in [1.54, 1.807) is 0 Å². The Morgan fingerprint density at radius 1 is 0.420 bits per heavy atom. The topological polar surface area (TPSA) is 175 Å². The summed E-state index contributed by atoms with van der Waals surface area (Å²) >= 11 is 0. The molecule has 0 aromatic rings. The van der Waals surface area contributed by atoms with Crippen LogP contribution in [0.1, 0.15) is 213 Å². The molecule has 0 aromatic carbocycles. The zero-order valence-corrected chi connectivity index (χ0v) is 50.0. The van der Waals surface area contributed by atoms with Crippen LogP contribution in [-0.2, 0) is 42.9 Å². The number of hydrogen-bond acceptors (Lipinski definition) is 11. The molecule has 0 aliphatic carbocycles. The number of aliphatic hydroxyl groups excluding tert-OH is 2. The Balaban J connectivity index is 2.77. The van der Waals surface area contributed by atoms with Crippen LogP contribution in [0.5, 0.6) is 0 Å². The number of carboxylic acid groups (broad SMARTS) is 1. The van der Waals surface area contributed by atoms with Gasteiger partial charge < -0.3 is 39.0 Å². The van der Waals surface area contributed by atoms with Gasteiger partial charge in [-0.05, 0) is 135 Å². The van der Waals surface area contributed by atoms with Gasteiger partial charge in [-0.1, -0.05) is 205 Å². The lowest BCUT2D eigenvalue weighted by molar-refractivity contribution is -0.301. The first-order chi connectivity index (χ1) is 39.6.